The van der Waals surface area contributed by atoms with Crippen LogP contribution in [-0.4, -0.2) is 7.11 Å². The van der Waals surface area contributed by atoms with Crippen LogP contribution >= 0.6 is 27.7 Å². The van der Waals surface area contributed by atoms with Gasteiger partial charge in [0.1, 0.15) is 5.75 Å². The molecule has 0 heterocycles. The van der Waals surface area contributed by atoms with E-state index < -0.39 is 0 Å². The van der Waals surface area contributed by atoms with Crippen LogP contribution < -0.4 is 4.74 Å². The predicted molar refractivity (Wildman–Crippen MR) is 71.3 cm³/mol. The van der Waals surface area contributed by atoms with Crippen LogP contribution in [0.3, 0.4) is 0 Å². The molecule has 3 heteroatoms. The minimum atomic E-state index is 0.862. The molecule has 0 N–H and O–H groups in total. The van der Waals surface area contributed by atoms with Crippen molar-refractivity contribution in [2.75, 3.05) is 7.11 Å². The lowest BCUT2D eigenvalue weighted by atomic mass is 10.3. The van der Waals surface area contributed by atoms with Gasteiger partial charge in [-0.3, -0.25) is 0 Å². The summed E-state index contributed by atoms with van der Waals surface area (Å²) in [6, 6.07) is 16.4. The van der Waals surface area contributed by atoms with Crippen molar-refractivity contribution in [1.82, 2.24) is 0 Å². The number of hydrogen-bond acceptors (Lipinski definition) is 2. The van der Waals surface area contributed by atoms with Gasteiger partial charge in [0, 0.05) is 9.79 Å². The summed E-state index contributed by atoms with van der Waals surface area (Å²) in [5, 5.41) is 0. The number of hydrogen-bond donors (Lipinski definition) is 0. The average Bonchev–Trinajstić information content (AvgIpc) is 2.33. The zero-order valence-corrected chi connectivity index (χ0v) is 11.2. The normalized spacial score (nSPS) is 10.1. The monoisotopic (exact) mass is 294 g/mol. The van der Waals surface area contributed by atoms with Crippen molar-refractivity contribution in [3.8, 4) is 5.75 Å². The average molecular weight is 295 g/mol. The Labute approximate surface area is 108 Å². The van der Waals surface area contributed by atoms with Gasteiger partial charge in [-0.05, 0) is 46.3 Å². The zero-order valence-electron chi connectivity index (χ0n) is 8.81. The molecule has 16 heavy (non-hydrogen) atoms. The van der Waals surface area contributed by atoms with E-state index in [2.05, 4.69) is 34.1 Å². The first-order chi connectivity index (χ1) is 7.79. The van der Waals surface area contributed by atoms with Gasteiger partial charge in [-0.25, -0.2) is 0 Å². The summed E-state index contributed by atoms with van der Waals surface area (Å²) in [7, 11) is 1.68. The van der Waals surface area contributed by atoms with Crippen LogP contribution in [0.4, 0.5) is 0 Å². The van der Waals surface area contributed by atoms with Crippen molar-refractivity contribution in [1.29, 1.82) is 0 Å². The molecule has 0 aliphatic heterocycles. The van der Waals surface area contributed by atoms with Gasteiger partial charge >= 0.3 is 0 Å². The Bertz CT molecular complexity index is 471. The topological polar surface area (TPSA) is 9.23 Å². The van der Waals surface area contributed by atoms with Crippen molar-refractivity contribution < 1.29 is 4.74 Å². The molecule has 2 rings (SSSR count). The molecule has 1 nitrogen and oxygen atoms in total. The molecule has 82 valence electrons. The summed E-state index contributed by atoms with van der Waals surface area (Å²) in [5.41, 5.74) is 0. The van der Waals surface area contributed by atoms with Crippen molar-refractivity contribution in [3.63, 3.8) is 0 Å². The van der Waals surface area contributed by atoms with E-state index >= 15 is 0 Å². The maximum Gasteiger partial charge on any atom is 0.134 e. The number of benzene rings is 2. The molecule has 0 saturated heterocycles. The predicted octanol–water partition coefficient (Wildman–Crippen LogP) is 4.61. The molecule has 0 fully saturated rings. The van der Waals surface area contributed by atoms with E-state index in [9.17, 15) is 0 Å². The molecule has 0 atom stereocenters. The zero-order chi connectivity index (χ0) is 11.4. The highest BCUT2D eigenvalue weighted by atomic mass is 79.9. The summed E-state index contributed by atoms with van der Waals surface area (Å²) in [5.74, 6) is 0.862. The second-order valence-electron chi connectivity index (χ2n) is 3.21. The lowest BCUT2D eigenvalue weighted by molar-refractivity contribution is 0.411. The number of rotatable bonds is 3. The molecule has 0 unspecified atom stereocenters. The highest BCUT2D eigenvalue weighted by molar-refractivity contribution is 9.10. The van der Waals surface area contributed by atoms with E-state index in [1.165, 1.54) is 9.79 Å². The van der Waals surface area contributed by atoms with Gasteiger partial charge in [-0.1, -0.05) is 30.0 Å². The van der Waals surface area contributed by atoms with Crippen LogP contribution in [0.15, 0.2) is 62.8 Å². The quantitative estimate of drug-likeness (QED) is 0.818. The van der Waals surface area contributed by atoms with Gasteiger partial charge in [0.15, 0.2) is 0 Å². The Kier molecular flexibility index (Phi) is 3.91. The molecule has 0 spiro atoms. The number of methoxy groups -OCH3 is 1. The molecule has 2 aromatic carbocycles. The SMILES string of the molecule is COc1cc(Sc2ccccc2)ccc1Br. The smallest absolute Gasteiger partial charge is 0.134 e. The Balaban J connectivity index is 2.22. The lowest BCUT2D eigenvalue weighted by Gasteiger charge is -2.06. The highest BCUT2D eigenvalue weighted by Gasteiger charge is 2.02. The molecule has 2 aromatic rings. The highest BCUT2D eigenvalue weighted by Crippen LogP contribution is 2.33. The van der Waals surface area contributed by atoms with Crippen LogP contribution in [0.5, 0.6) is 5.75 Å². The van der Waals surface area contributed by atoms with Crippen LogP contribution in [0, 0.1) is 0 Å². The first-order valence-electron chi connectivity index (χ1n) is 4.86. The Hall–Kier alpha value is -0.930. The van der Waals surface area contributed by atoms with Gasteiger partial charge in [0.25, 0.3) is 0 Å². The fourth-order valence-electron chi connectivity index (χ4n) is 1.33. The summed E-state index contributed by atoms with van der Waals surface area (Å²) in [4.78, 5) is 2.40. The van der Waals surface area contributed by atoms with E-state index in [1.54, 1.807) is 18.9 Å². The summed E-state index contributed by atoms with van der Waals surface area (Å²) in [6.45, 7) is 0. The molecule has 0 radical (unpaired) electrons. The minimum absolute atomic E-state index is 0.862. The molecule has 0 saturated carbocycles. The molecule has 0 bridgehead atoms. The fourth-order valence-corrected chi connectivity index (χ4v) is 2.60. The second kappa shape index (κ2) is 5.41. The third-order valence-corrected chi connectivity index (χ3v) is 3.75. The van der Waals surface area contributed by atoms with E-state index in [0.717, 1.165) is 10.2 Å². The first kappa shape index (κ1) is 11.6. The van der Waals surface area contributed by atoms with E-state index in [1.807, 2.05) is 30.3 Å². The van der Waals surface area contributed by atoms with Crippen molar-refractivity contribution >= 4 is 27.7 Å². The van der Waals surface area contributed by atoms with Gasteiger partial charge in [0.2, 0.25) is 0 Å². The maximum atomic E-state index is 5.26. The van der Waals surface area contributed by atoms with Crippen LogP contribution in [-0.2, 0) is 0 Å². The van der Waals surface area contributed by atoms with E-state index in [0.29, 0.717) is 0 Å². The lowest BCUT2D eigenvalue weighted by Crippen LogP contribution is -1.84. The van der Waals surface area contributed by atoms with Crippen LogP contribution in [0.2, 0.25) is 0 Å². The van der Waals surface area contributed by atoms with Crippen molar-refractivity contribution in [3.05, 3.63) is 53.0 Å². The van der Waals surface area contributed by atoms with Crippen LogP contribution in [0.25, 0.3) is 0 Å². The second-order valence-corrected chi connectivity index (χ2v) is 5.21. The van der Waals surface area contributed by atoms with E-state index in [4.69, 9.17) is 4.74 Å². The molecular weight excluding hydrogens is 284 g/mol. The van der Waals surface area contributed by atoms with Crippen LogP contribution in [0.1, 0.15) is 0 Å². The van der Waals surface area contributed by atoms with Gasteiger partial charge < -0.3 is 4.74 Å². The van der Waals surface area contributed by atoms with Gasteiger partial charge in [0.05, 0.1) is 11.6 Å². The molecule has 0 aromatic heterocycles. The van der Waals surface area contributed by atoms with E-state index in [-0.39, 0.29) is 0 Å². The molecular formula is C13H11BrOS. The fraction of sp³-hybridized carbons (Fsp3) is 0.0769. The minimum Gasteiger partial charge on any atom is -0.496 e. The Morgan fingerprint density at radius 1 is 1.00 bits per heavy atom. The van der Waals surface area contributed by atoms with Gasteiger partial charge in [-0.2, -0.15) is 0 Å². The number of halogens is 1. The Morgan fingerprint density at radius 3 is 2.44 bits per heavy atom. The largest absolute Gasteiger partial charge is 0.496 e. The summed E-state index contributed by atoms with van der Waals surface area (Å²) >= 11 is 5.17. The molecule has 0 amide bonds. The summed E-state index contributed by atoms with van der Waals surface area (Å²) < 4.78 is 6.24. The third kappa shape index (κ3) is 2.80. The maximum absolute atomic E-state index is 5.26. The Morgan fingerprint density at radius 2 is 1.75 bits per heavy atom. The third-order valence-electron chi connectivity index (χ3n) is 2.10. The molecule has 0 aliphatic carbocycles. The first-order valence-corrected chi connectivity index (χ1v) is 6.47. The van der Waals surface area contributed by atoms with Crippen molar-refractivity contribution in [2.45, 2.75) is 9.79 Å². The number of ether oxygens (including phenoxy) is 1. The molecule has 0 aliphatic rings. The standard InChI is InChI=1S/C13H11BrOS/c1-15-13-9-11(7-8-12(13)14)16-10-5-3-2-4-6-10/h2-9H,1H3. The van der Waals surface area contributed by atoms with Crippen molar-refractivity contribution in [2.24, 2.45) is 0 Å². The summed E-state index contributed by atoms with van der Waals surface area (Å²) in [6.07, 6.45) is 0. The van der Waals surface area contributed by atoms with Gasteiger partial charge in [-0.15, -0.1) is 0 Å².